The van der Waals surface area contributed by atoms with Gasteiger partial charge in [-0.05, 0) is 30.3 Å². The van der Waals surface area contributed by atoms with E-state index in [0.717, 1.165) is 38.5 Å². The lowest BCUT2D eigenvalue weighted by atomic mass is 10.3. The van der Waals surface area contributed by atoms with Gasteiger partial charge in [-0.2, -0.15) is 0 Å². The molecule has 132 valence electrons. The van der Waals surface area contributed by atoms with Crippen LogP contribution in [0.25, 0.3) is 0 Å². The van der Waals surface area contributed by atoms with Crippen molar-refractivity contribution < 1.29 is 9.53 Å². The molecule has 0 atom stereocenters. The van der Waals surface area contributed by atoms with E-state index in [9.17, 15) is 4.79 Å². The summed E-state index contributed by atoms with van der Waals surface area (Å²) in [5.41, 5.74) is 1.13. The normalized spacial score (nSPS) is 14.9. The van der Waals surface area contributed by atoms with Gasteiger partial charge in [0.15, 0.2) is 0 Å². The van der Waals surface area contributed by atoms with Crippen molar-refractivity contribution in [1.29, 1.82) is 0 Å². The minimum atomic E-state index is -0.213. The maximum absolute atomic E-state index is 12.2. The molecule has 1 aromatic carbocycles. The van der Waals surface area contributed by atoms with Crippen LogP contribution in [0.1, 0.15) is 10.5 Å². The summed E-state index contributed by atoms with van der Waals surface area (Å²) in [6, 6.07) is 8.77. The van der Waals surface area contributed by atoms with Crippen molar-refractivity contribution in [3.63, 3.8) is 0 Å². The van der Waals surface area contributed by atoms with E-state index in [1.165, 1.54) is 0 Å². The lowest BCUT2D eigenvalue weighted by Gasteiger charge is -2.26. The molecule has 25 heavy (non-hydrogen) atoms. The predicted molar refractivity (Wildman–Crippen MR) is 96.4 cm³/mol. The first-order valence-corrected chi connectivity index (χ1v) is 8.52. The molecule has 1 aromatic heterocycles. The highest BCUT2D eigenvalue weighted by molar-refractivity contribution is 6.30. The number of hydrogen-bond donors (Lipinski definition) is 2. The van der Waals surface area contributed by atoms with Crippen molar-refractivity contribution in [2.24, 2.45) is 0 Å². The quantitative estimate of drug-likeness (QED) is 0.818. The molecular weight excluding hydrogens is 342 g/mol. The Morgan fingerprint density at radius 3 is 2.72 bits per heavy atom. The highest BCUT2D eigenvalue weighted by atomic mass is 35.5. The van der Waals surface area contributed by atoms with Crippen molar-refractivity contribution in [3.05, 3.63) is 47.2 Å². The van der Waals surface area contributed by atoms with Crippen molar-refractivity contribution in [1.82, 2.24) is 20.2 Å². The first-order chi connectivity index (χ1) is 12.2. The first kappa shape index (κ1) is 17.6. The summed E-state index contributed by atoms with van der Waals surface area (Å²) in [6.07, 6.45) is 1.56. The summed E-state index contributed by atoms with van der Waals surface area (Å²) in [4.78, 5) is 22.9. The Hall–Kier alpha value is -2.22. The third-order valence-electron chi connectivity index (χ3n) is 3.81. The molecular formula is C17H20ClN5O2. The summed E-state index contributed by atoms with van der Waals surface area (Å²) >= 11 is 5.86. The summed E-state index contributed by atoms with van der Waals surface area (Å²) in [5.74, 6) is 0.151. The summed E-state index contributed by atoms with van der Waals surface area (Å²) in [6.45, 7) is 4.68. The Balaban J connectivity index is 1.52. The standard InChI is InChI=1S/C17H20ClN5O2/c18-13-1-3-14(4-2-13)21-17-20-6-5-15(22-17)16(24)19-7-8-23-9-11-25-12-10-23/h1-6H,7-12H2,(H,19,24)(H,20,21,22). The molecule has 0 unspecified atom stereocenters. The summed E-state index contributed by atoms with van der Waals surface area (Å²) < 4.78 is 5.30. The number of carbonyl (C=O) groups is 1. The van der Waals surface area contributed by atoms with Crippen molar-refractivity contribution in [2.45, 2.75) is 0 Å². The number of nitrogens with zero attached hydrogens (tertiary/aromatic N) is 3. The number of nitrogens with one attached hydrogen (secondary N) is 2. The number of rotatable bonds is 6. The first-order valence-electron chi connectivity index (χ1n) is 8.15. The third-order valence-corrected chi connectivity index (χ3v) is 4.06. The van der Waals surface area contributed by atoms with Gasteiger partial charge >= 0.3 is 0 Å². The fourth-order valence-corrected chi connectivity index (χ4v) is 2.58. The zero-order chi connectivity index (χ0) is 17.5. The molecule has 0 aliphatic carbocycles. The highest BCUT2D eigenvalue weighted by Crippen LogP contribution is 2.16. The average Bonchev–Trinajstić information content (AvgIpc) is 2.65. The lowest BCUT2D eigenvalue weighted by Crippen LogP contribution is -2.41. The topological polar surface area (TPSA) is 79.4 Å². The van der Waals surface area contributed by atoms with Crippen LogP contribution in [0.5, 0.6) is 0 Å². The van der Waals surface area contributed by atoms with Crippen LogP contribution in [-0.2, 0) is 4.74 Å². The fraction of sp³-hybridized carbons (Fsp3) is 0.353. The van der Waals surface area contributed by atoms with E-state index in [2.05, 4.69) is 25.5 Å². The molecule has 1 amide bonds. The van der Waals surface area contributed by atoms with Gasteiger partial charge in [0.1, 0.15) is 5.69 Å². The largest absolute Gasteiger partial charge is 0.379 e. The minimum Gasteiger partial charge on any atom is -0.379 e. The van der Waals surface area contributed by atoms with Crippen molar-refractivity contribution in [2.75, 3.05) is 44.7 Å². The number of hydrogen-bond acceptors (Lipinski definition) is 6. The van der Waals surface area contributed by atoms with Crippen LogP contribution in [0, 0.1) is 0 Å². The molecule has 2 N–H and O–H groups in total. The number of anilines is 2. The number of halogens is 1. The van der Waals surface area contributed by atoms with Gasteiger partial charge in [0.25, 0.3) is 5.91 Å². The van der Waals surface area contributed by atoms with E-state index in [1.807, 2.05) is 12.1 Å². The highest BCUT2D eigenvalue weighted by Gasteiger charge is 2.12. The smallest absolute Gasteiger partial charge is 0.270 e. The van der Waals surface area contributed by atoms with Gasteiger partial charge in [-0.1, -0.05) is 11.6 Å². The van der Waals surface area contributed by atoms with Gasteiger partial charge in [0, 0.05) is 43.1 Å². The van der Waals surface area contributed by atoms with Gasteiger partial charge in [0.05, 0.1) is 13.2 Å². The second kappa shape index (κ2) is 8.75. The van der Waals surface area contributed by atoms with Gasteiger partial charge < -0.3 is 15.4 Å². The Kier molecular flexibility index (Phi) is 6.16. The van der Waals surface area contributed by atoms with Crippen LogP contribution in [0.2, 0.25) is 5.02 Å². The monoisotopic (exact) mass is 361 g/mol. The molecule has 0 saturated carbocycles. The molecule has 0 spiro atoms. The van der Waals surface area contributed by atoms with Crippen molar-refractivity contribution in [3.8, 4) is 0 Å². The van der Waals surface area contributed by atoms with E-state index in [-0.39, 0.29) is 5.91 Å². The second-order valence-corrected chi connectivity index (χ2v) is 6.04. The molecule has 8 heteroatoms. The van der Waals surface area contributed by atoms with E-state index in [0.29, 0.717) is 23.2 Å². The minimum absolute atomic E-state index is 0.213. The number of morpholine rings is 1. The van der Waals surface area contributed by atoms with Crippen molar-refractivity contribution >= 4 is 29.1 Å². The van der Waals surface area contributed by atoms with E-state index in [4.69, 9.17) is 16.3 Å². The van der Waals surface area contributed by atoms with E-state index < -0.39 is 0 Å². The molecule has 0 radical (unpaired) electrons. The van der Waals surface area contributed by atoms with Crippen LogP contribution in [0.15, 0.2) is 36.5 Å². The maximum Gasteiger partial charge on any atom is 0.270 e. The molecule has 1 aliphatic heterocycles. The zero-order valence-corrected chi connectivity index (χ0v) is 14.5. The molecule has 1 saturated heterocycles. The maximum atomic E-state index is 12.2. The molecule has 7 nitrogen and oxygen atoms in total. The Labute approximate surface area is 151 Å². The number of ether oxygens (including phenoxy) is 1. The number of amides is 1. The van der Waals surface area contributed by atoms with Crippen LogP contribution >= 0.6 is 11.6 Å². The van der Waals surface area contributed by atoms with Gasteiger partial charge in [-0.25, -0.2) is 9.97 Å². The second-order valence-electron chi connectivity index (χ2n) is 5.61. The molecule has 2 aromatic rings. The Bertz CT molecular complexity index is 704. The van der Waals surface area contributed by atoms with E-state index >= 15 is 0 Å². The van der Waals surface area contributed by atoms with Crippen LogP contribution in [0.4, 0.5) is 11.6 Å². The molecule has 1 fully saturated rings. The van der Waals surface area contributed by atoms with Crippen LogP contribution in [-0.4, -0.2) is 60.2 Å². The summed E-state index contributed by atoms with van der Waals surface area (Å²) in [5, 5.41) is 6.59. The Morgan fingerprint density at radius 1 is 1.20 bits per heavy atom. The number of benzene rings is 1. The van der Waals surface area contributed by atoms with Crippen LogP contribution in [0.3, 0.4) is 0 Å². The number of aromatic nitrogens is 2. The summed E-state index contributed by atoms with van der Waals surface area (Å²) in [7, 11) is 0. The average molecular weight is 362 g/mol. The molecule has 0 bridgehead atoms. The van der Waals surface area contributed by atoms with Gasteiger partial charge in [-0.15, -0.1) is 0 Å². The Morgan fingerprint density at radius 2 is 1.96 bits per heavy atom. The molecule has 2 heterocycles. The predicted octanol–water partition coefficient (Wildman–Crippen LogP) is 1.94. The molecule has 1 aliphatic rings. The third kappa shape index (κ3) is 5.38. The SMILES string of the molecule is O=C(NCCN1CCOCC1)c1ccnc(Nc2ccc(Cl)cc2)n1. The zero-order valence-electron chi connectivity index (χ0n) is 13.7. The van der Waals surface area contributed by atoms with Gasteiger partial charge in [-0.3, -0.25) is 9.69 Å². The van der Waals surface area contributed by atoms with E-state index in [1.54, 1.807) is 24.4 Å². The van der Waals surface area contributed by atoms with Gasteiger partial charge in [0.2, 0.25) is 5.95 Å². The molecule has 3 rings (SSSR count). The number of carbonyl (C=O) groups excluding carboxylic acids is 1. The lowest BCUT2D eigenvalue weighted by molar-refractivity contribution is 0.0383. The van der Waals surface area contributed by atoms with Crippen LogP contribution < -0.4 is 10.6 Å². The fourth-order valence-electron chi connectivity index (χ4n) is 2.45.